The van der Waals surface area contributed by atoms with Crippen LogP contribution in [0.2, 0.25) is 0 Å². The zero-order valence-electron chi connectivity index (χ0n) is 28.2. The van der Waals surface area contributed by atoms with Gasteiger partial charge in [-0.3, -0.25) is 0 Å². The fourth-order valence-electron chi connectivity index (χ4n) is 5.01. The van der Waals surface area contributed by atoms with E-state index in [-0.39, 0.29) is 29.6 Å². The van der Waals surface area contributed by atoms with Gasteiger partial charge in [-0.1, -0.05) is 154 Å². The van der Waals surface area contributed by atoms with Crippen LogP contribution in [0.5, 0.6) is 0 Å². The van der Waals surface area contributed by atoms with Gasteiger partial charge in [0.25, 0.3) is 0 Å². The van der Waals surface area contributed by atoms with Crippen molar-refractivity contribution in [2.45, 2.75) is 194 Å². The molecular weight excluding hydrogens is 534 g/mol. The molecule has 0 saturated heterocycles. The van der Waals surface area contributed by atoms with Crippen molar-refractivity contribution in [1.82, 2.24) is 0 Å². The second-order valence-electron chi connectivity index (χ2n) is 11.8. The van der Waals surface area contributed by atoms with Crippen molar-refractivity contribution in [3.8, 4) is 0 Å². The van der Waals surface area contributed by atoms with Gasteiger partial charge in [-0.2, -0.15) is 0 Å². The predicted octanol–water partition coefficient (Wildman–Crippen LogP) is 9.69. The minimum Gasteiger partial charge on any atom is -0.786 e. The van der Waals surface area contributed by atoms with E-state index in [1.54, 1.807) is 0 Å². The average molecular weight is 605 g/mol. The van der Waals surface area contributed by atoms with Crippen molar-refractivity contribution >= 4 is 8.60 Å². The SMILES string of the molecule is CCCCCCCC/C=C\CCCCCCCCOP([O-])OCCCCCCCC/C=C\CCCCCCCC.[Na+]. The van der Waals surface area contributed by atoms with Crippen LogP contribution in [0.3, 0.4) is 0 Å². The van der Waals surface area contributed by atoms with E-state index in [1.807, 2.05) is 0 Å². The summed E-state index contributed by atoms with van der Waals surface area (Å²) in [5.74, 6) is 0. The summed E-state index contributed by atoms with van der Waals surface area (Å²) in [6, 6.07) is 0. The molecule has 0 aliphatic rings. The van der Waals surface area contributed by atoms with E-state index in [0.29, 0.717) is 13.2 Å². The third-order valence-corrected chi connectivity index (χ3v) is 8.49. The molecule has 238 valence electrons. The largest absolute Gasteiger partial charge is 1.00 e. The molecule has 0 aromatic carbocycles. The van der Waals surface area contributed by atoms with Crippen LogP contribution in [-0.4, -0.2) is 13.2 Å². The molecule has 41 heavy (non-hydrogen) atoms. The first-order valence-corrected chi connectivity index (χ1v) is 18.9. The Morgan fingerprint density at radius 1 is 0.390 bits per heavy atom. The van der Waals surface area contributed by atoms with Crippen LogP contribution in [0.4, 0.5) is 0 Å². The van der Waals surface area contributed by atoms with Crippen LogP contribution in [0, 0.1) is 0 Å². The molecule has 0 fully saturated rings. The molecule has 0 aliphatic heterocycles. The molecule has 0 aromatic rings. The van der Waals surface area contributed by atoms with Crippen molar-refractivity contribution in [2.24, 2.45) is 0 Å². The van der Waals surface area contributed by atoms with Gasteiger partial charge in [-0.05, 0) is 64.2 Å². The summed E-state index contributed by atoms with van der Waals surface area (Å²) in [5, 5.41) is 0. The van der Waals surface area contributed by atoms with Gasteiger partial charge >= 0.3 is 29.6 Å². The van der Waals surface area contributed by atoms with Gasteiger partial charge in [-0.15, -0.1) is 0 Å². The Kier molecular flexibility index (Phi) is 43.7. The molecule has 0 heterocycles. The summed E-state index contributed by atoms with van der Waals surface area (Å²) in [6.07, 6.45) is 45.8. The monoisotopic (exact) mass is 604 g/mol. The minimum atomic E-state index is -1.93. The van der Waals surface area contributed by atoms with E-state index in [9.17, 15) is 4.89 Å². The van der Waals surface area contributed by atoms with Crippen LogP contribution in [0.15, 0.2) is 24.3 Å². The van der Waals surface area contributed by atoms with Gasteiger partial charge < -0.3 is 13.9 Å². The standard InChI is InChI=1S/C36H70O3P.Na/c1-3-5-7-9-11-13-15-17-19-21-23-25-27-29-31-33-35-38-40(37)39-36-34-32-30-28-26-24-22-20-18-16-14-12-10-8-6-4-2;/h17-20H,3-16,21-36H2,1-2H3;/q-1;+1/b19-17-,20-18-;. The third kappa shape index (κ3) is 40.8. The second kappa shape index (κ2) is 40.8. The van der Waals surface area contributed by atoms with Gasteiger partial charge in [0.05, 0.1) is 21.8 Å². The summed E-state index contributed by atoms with van der Waals surface area (Å²) in [6.45, 7) is 5.67. The molecule has 0 aliphatic carbocycles. The van der Waals surface area contributed by atoms with Crippen molar-refractivity contribution in [3.63, 3.8) is 0 Å². The van der Waals surface area contributed by atoms with Gasteiger partial charge in [0.15, 0.2) is 0 Å². The molecule has 0 bridgehead atoms. The van der Waals surface area contributed by atoms with E-state index < -0.39 is 8.60 Å². The van der Waals surface area contributed by atoms with Gasteiger partial charge in [0, 0.05) is 0 Å². The summed E-state index contributed by atoms with van der Waals surface area (Å²) in [5.41, 5.74) is 0. The fraction of sp³-hybridized carbons (Fsp3) is 0.889. The van der Waals surface area contributed by atoms with Crippen LogP contribution >= 0.6 is 8.60 Å². The molecule has 0 saturated carbocycles. The molecular formula is C36H70NaO3P. The molecule has 0 aromatic heterocycles. The van der Waals surface area contributed by atoms with E-state index in [0.717, 1.165) is 25.7 Å². The van der Waals surface area contributed by atoms with E-state index in [1.165, 1.54) is 154 Å². The first kappa shape index (κ1) is 43.9. The summed E-state index contributed by atoms with van der Waals surface area (Å²) in [4.78, 5) is 11.9. The van der Waals surface area contributed by atoms with Crippen molar-refractivity contribution in [3.05, 3.63) is 24.3 Å². The predicted molar refractivity (Wildman–Crippen MR) is 178 cm³/mol. The first-order chi connectivity index (χ1) is 19.8. The Bertz CT molecular complexity index is 471. The van der Waals surface area contributed by atoms with Gasteiger partial charge in [-0.25, -0.2) is 0 Å². The van der Waals surface area contributed by atoms with E-state index >= 15 is 0 Å². The van der Waals surface area contributed by atoms with Crippen molar-refractivity contribution in [1.29, 1.82) is 0 Å². The molecule has 0 N–H and O–H groups in total. The number of hydrogen-bond acceptors (Lipinski definition) is 3. The Hall–Kier alpha value is 0.790. The van der Waals surface area contributed by atoms with E-state index in [4.69, 9.17) is 9.05 Å². The van der Waals surface area contributed by atoms with Crippen LogP contribution in [0.1, 0.15) is 194 Å². The molecule has 0 radical (unpaired) electrons. The quantitative estimate of drug-likeness (QED) is 0.0318. The molecule has 5 heteroatoms. The Morgan fingerprint density at radius 3 is 0.927 bits per heavy atom. The molecule has 3 nitrogen and oxygen atoms in total. The van der Waals surface area contributed by atoms with Crippen LogP contribution in [0.25, 0.3) is 0 Å². The molecule has 0 amide bonds. The van der Waals surface area contributed by atoms with Crippen LogP contribution in [-0.2, 0) is 9.05 Å². The number of hydrogen-bond donors (Lipinski definition) is 0. The van der Waals surface area contributed by atoms with Crippen LogP contribution < -0.4 is 34.5 Å². The van der Waals surface area contributed by atoms with Crippen molar-refractivity contribution < 1.29 is 43.5 Å². The Balaban J connectivity index is 0. The molecule has 0 unspecified atom stereocenters. The van der Waals surface area contributed by atoms with E-state index in [2.05, 4.69) is 38.2 Å². The van der Waals surface area contributed by atoms with Crippen molar-refractivity contribution in [2.75, 3.05) is 13.2 Å². The van der Waals surface area contributed by atoms with Gasteiger partial charge in [0.1, 0.15) is 0 Å². The smallest absolute Gasteiger partial charge is 0.786 e. The fourth-order valence-corrected chi connectivity index (χ4v) is 5.65. The normalized spacial score (nSPS) is 11.8. The second-order valence-corrected chi connectivity index (χ2v) is 12.7. The maximum Gasteiger partial charge on any atom is 1.00 e. The molecule has 0 atom stereocenters. The molecule has 0 spiro atoms. The third-order valence-electron chi connectivity index (χ3n) is 7.71. The number of allylic oxidation sites excluding steroid dienone is 4. The maximum atomic E-state index is 11.9. The number of rotatable bonds is 34. The Labute approximate surface area is 281 Å². The average Bonchev–Trinajstić information content (AvgIpc) is 2.96. The summed E-state index contributed by atoms with van der Waals surface area (Å²) in [7, 11) is -1.93. The summed E-state index contributed by atoms with van der Waals surface area (Å²) >= 11 is 0. The maximum absolute atomic E-state index is 11.9. The first-order valence-electron chi connectivity index (χ1n) is 17.8. The zero-order chi connectivity index (χ0) is 29.0. The molecule has 0 rings (SSSR count). The minimum absolute atomic E-state index is 0. The number of unbranched alkanes of at least 4 members (excludes halogenated alkanes) is 24. The zero-order valence-corrected chi connectivity index (χ0v) is 31.1. The Morgan fingerprint density at radius 2 is 0.634 bits per heavy atom. The summed E-state index contributed by atoms with van der Waals surface area (Å²) < 4.78 is 10.7. The topological polar surface area (TPSA) is 41.5 Å². The van der Waals surface area contributed by atoms with Gasteiger partial charge in [0.2, 0.25) is 0 Å².